The molecule has 2 rings (SSSR count). The normalized spacial score (nSPS) is 10.3. The number of rotatable bonds is 4. The molecule has 0 aliphatic carbocycles. The quantitative estimate of drug-likeness (QED) is 0.689. The molecule has 7 heteroatoms. The summed E-state index contributed by atoms with van der Waals surface area (Å²) in [5.41, 5.74) is 5.30. The zero-order valence-electron chi connectivity index (χ0n) is 10.2. The van der Waals surface area contributed by atoms with Crippen LogP contribution in [0.1, 0.15) is 5.56 Å². The van der Waals surface area contributed by atoms with E-state index in [4.69, 9.17) is 10.5 Å². The van der Waals surface area contributed by atoms with Crippen molar-refractivity contribution in [1.82, 2.24) is 0 Å². The Morgan fingerprint density at radius 1 is 1.20 bits per heavy atom. The molecular formula is C13H10F2N2O3. The molecule has 2 N–H and O–H groups in total. The monoisotopic (exact) mass is 280 g/mol. The molecule has 0 aliphatic rings. The van der Waals surface area contributed by atoms with Crippen molar-refractivity contribution < 1.29 is 18.4 Å². The number of benzene rings is 2. The van der Waals surface area contributed by atoms with Crippen molar-refractivity contribution in [2.75, 3.05) is 0 Å². The Balaban J connectivity index is 2.42. The fourth-order valence-corrected chi connectivity index (χ4v) is 1.61. The first-order chi connectivity index (χ1) is 9.52. The molecule has 0 saturated heterocycles. The van der Waals surface area contributed by atoms with Crippen molar-refractivity contribution >= 4 is 5.69 Å². The molecule has 2 aromatic rings. The highest BCUT2D eigenvalue weighted by molar-refractivity contribution is 5.49. The first kappa shape index (κ1) is 13.9. The topological polar surface area (TPSA) is 78.4 Å². The van der Waals surface area contributed by atoms with Gasteiger partial charge in [-0.25, -0.2) is 8.78 Å². The maximum Gasteiger partial charge on any atom is 0.314 e. The van der Waals surface area contributed by atoms with Gasteiger partial charge >= 0.3 is 5.69 Å². The summed E-state index contributed by atoms with van der Waals surface area (Å²) in [5.74, 6) is -2.65. The highest BCUT2D eigenvalue weighted by Gasteiger charge is 2.21. The number of nitro groups is 1. The second-order valence-corrected chi connectivity index (χ2v) is 3.92. The van der Waals surface area contributed by atoms with Gasteiger partial charge in [-0.05, 0) is 23.8 Å². The molecule has 5 nitrogen and oxygen atoms in total. The van der Waals surface area contributed by atoms with Gasteiger partial charge < -0.3 is 10.5 Å². The summed E-state index contributed by atoms with van der Waals surface area (Å²) in [6.45, 7) is 0.136. The number of para-hydroxylation sites is 1. The predicted molar refractivity (Wildman–Crippen MR) is 67.4 cm³/mol. The first-order valence-electron chi connectivity index (χ1n) is 5.62. The van der Waals surface area contributed by atoms with E-state index in [1.807, 2.05) is 0 Å². The molecule has 0 atom stereocenters. The molecule has 0 unspecified atom stereocenters. The smallest absolute Gasteiger partial charge is 0.314 e. The number of nitro benzene ring substituents is 1. The van der Waals surface area contributed by atoms with Crippen molar-refractivity contribution in [2.45, 2.75) is 6.54 Å². The number of hydrogen-bond donors (Lipinski definition) is 1. The molecule has 0 aromatic heterocycles. The molecule has 0 aliphatic heterocycles. The van der Waals surface area contributed by atoms with E-state index >= 15 is 0 Å². The van der Waals surface area contributed by atoms with E-state index in [1.54, 1.807) is 0 Å². The van der Waals surface area contributed by atoms with E-state index < -0.39 is 28.0 Å². The Morgan fingerprint density at radius 3 is 2.55 bits per heavy atom. The molecule has 2 aromatic carbocycles. The second-order valence-electron chi connectivity index (χ2n) is 3.92. The van der Waals surface area contributed by atoms with E-state index in [2.05, 4.69) is 0 Å². The lowest BCUT2D eigenvalue weighted by Crippen LogP contribution is -2.00. The van der Waals surface area contributed by atoms with Crippen LogP contribution in [0.15, 0.2) is 36.4 Å². The zero-order valence-corrected chi connectivity index (χ0v) is 10.2. The van der Waals surface area contributed by atoms with Gasteiger partial charge in [0.05, 0.1) is 4.92 Å². The van der Waals surface area contributed by atoms with Gasteiger partial charge in [-0.3, -0.25) is 10.1 Å². The molecular weight excluding hydrogens is 270 g/mol. The van der Waals surface area contributed by atoms with Crippen LogP contribution in [0.5, 0.6) is 11.5 Å². The molecule has 0 heterocycles. The Bertz CT molecular complexity index is 662. The number of ether oxygens (including phenoxy) is 1. The van der Waals surface area contributed by atoms with Crippen molar-refractivity contribution in [1.29, 1.82) is 0 Å². The summed E-state index contributed by atoms with van der Waals surface area (Å²) >= 11 is 0. The Hall–Kier alpha value is -2.54. The van der Waals surface area contributed by atoms with E-state index in [-0.39, 0.29) is 12.3 Å². The third kappa shape index (κ3) is 2.72. The van der Waals surface area contributed by atoms with E-state index in [9.17, 15) is 18.9 Å². The largest absolute Gasteiger partial charge is 0.444 e. The fourth-order valence-electron chi connectivity index (χ4n) is 1.61. The summed E-state index contributed by atoms with van der Waals surface area (Å²) < 4.78 is 32.3. The first-order valence-corrected chi connectivity index (χ1v) is 5.62. The molecule has 104 valence electrons. The van der Waals surface area contributed by atoms with Crippen LogP contribution in [0.2, 0.25) is 0 Å². The van der Waals surface area contributed by atoms with E-state index in [1.165, 1.54) is 18.2 Å². The van der Waals surface area contributed by atoms with Crippen LogP contribution in [0.3, 0.4) is 0 Å². The van der Waals surface area contributed by atoms with Crippen LogP contribution < -0.4 is 10.5 Å². The van der Waals surface area contributed by atoms with Gasteiger partial charge in [0.2, 0.25) is 5.75 Å². The maximum absolute atomic E-state index is 13.7. The van der Waals surface area contributed by atoms with Gasteiger partial charge in [0, 0.05) is 12.6 Å². The minimum atomic E-state index is -0.943. The lowest BCUT2D eigenvalue weighted by molar-refractivity contribution is -0.385. The minimum absolute atomic E-state index is 0.136. The Labute approximate surface area is 112 Å². The summed E-state index contributed by atoms with van der Waals surface area (Å²) in [5, 5.41) is 10.8. The second kappa shape index (κ2) is 5.62. The molecule has 0 radical (unpaired) electrons. The van der Waals surface area contributed by atoms with Crippen LogP contribution in [0.4, 0.5) is 14.5 Å². The van der Waals surface area contributed by atoms with Crippen LogP contribution in [-0.2, 0) is 6.54 Å². The van der Waals surface area contributed by atoms with Crippen molar-refractivity contribution in [2.24, 2.45) is 5.73 Å². The average molecular weight is 280 g/mol. The molecule has 20 heavy (non-hydrogen) atoms. The van der Waals surface area contributed by atoms with Crippen molar-refractivity contribution in [3.8, 4) is 11.5 Å². The third-order valence-electron chi connectivity index (χ3n) is 2.59. The zero-order chi connectivity index (χ0) is 14.7. The number of nitrogens with two attached hydrogens (primary N) is 1. The highest BCUT2D eigenvalue weighted by Crippen LogP contribution is 2.34. The molecule has 0 amide bonds. The highest BCUT2D eigenvalue weighted by atomic mass is 19.1. The number of halogens is 2. The number of hydrogen-bond acceptors (Lipinski definition) is 4. The summed E-state index contributed by atoms with van der Waals surface area (Å²) in [6, 6.07) is 7.11. The standard InChI is InChI=1S/C13H10F2N2O3/c14-9-2-1-3-11(17(18)19)13(9)20-12-5-4-8(7-16)6-10(12)15/h1-6H,7,16H2. The Kier molecular flexibility index (Phi) is 3.90. The maximum atomic E-state index is 13.7. The van der Waals surface area contributed by atoms with E-state index in [0.717, 1.165) is 18.2 Å². The van der Waals surface area contributed by atoms with Gasteiger partial charge in [0.1, 0.15) is 0 Å². The van der Waals surface area contributed by atoms with Crippen LogP contribution in [0.25, 0.3) is 0 Å². The van der Waals surface area contributed by atoms with Gasteiger partial charge in [-0.1, -0.05) is 12.1 Å². The average Bonchev–Trinajstić information content (AvgIpc) is 2.42. The molecule has 0 fully saturated rings. The van der Waals surface area contributed by atoms with Crippen LogP contribution in [-0.4, -0.2) is 4.92 Å². The SMILES string of the molecule is NCc1ccc(Oc2c(F)cccc2[N+](=O)[O-])c(F)c1. The summed E-state index contributed by atoms with van der Waals surface area (Å²) in [4.78, 5) is 10.00. The van der Waals surface area contributed by atoms with Gasteiger partial charge in [-0.15, -0.1) is 0 Å². The Morgan fingerprint density at radius 2 is 1.95 bits per heavy atom. The lowest BCUT2D eigenvalue weighted by Gasteiger charge is -2.09. The predicted octanol–water partition coefficient (Wildman–Crippen LogP) is 3.12. The van der Waals surface area contributed by atoms with Gasteiger partial charge in [0.25, 0.3) is 0 Å². The molecule has 0 spiro atoms. The summed E-state index contributed by atoms with van der Waals surface area (Å²) in [7, 11) is 0. The molecule has 0 saturated carbocycles. The van der Waals surface area contributed by atoms with Gasteiger partial charge in [-0.2, -0.15) is 0 Å². The lowest BCUT2D eigenvalue weighted by atomic mass is 10.2. The van der Waals surface area contributed by atoms with Crippen LogP contribution in [0, 0.1) is 21.7 Å². The summed E-state index contributed by atoms with van der Waals surface area (Å²) in [6.07, 6.45) is 0. The van der Waals surface area contributed by atoms with E-state index in [0.29, 0.717) is 5.56 Å². The molecule has 0 bridgehead atoms. The van der Waals surface area contributed by atoms with Gasteiger partial charge in [0.15, 0.2) is 17.4 Å². The third-order valence-corrected chi connectivity index (χ3v) is 2.59. The van der Waals surface area contributed by atoms with Crippen molar-refractivity contribution in [3.05, 3.63) is 63.7 Å². The minimum Gasteiger partial charge on any atom is -0.444 e. The fraction of sp³-hybridized carbons (Fsp3) is 0.0769. The number of nitrogens with zero attached hydrogens (tertiary/aromatic N) is 1. The van der Waals surface area contributed by atoms with Crippen molar-refractivity contribution in [3.63, 3.8) is 0 Å². The van der Waals surface area contributed by atoms with Crippen LogP contribution >= 0.6 is 0 Å².